The van der Waals surface area contributed by atoms with E-state index < -0.39 is 12.1 Å². The third-order valence-corrected chi connectivity index (χ3v) is 5.34. The minimum absolute atomic E-state index is 0.0399. The number of aliphatic carboxylic acids is 1. The minimum Gasteiger partial charge on any atom is -0.475 e. The predicted molar refractivity (Wildman–Crippen MR) is 97.6 cm³/mol. The largest absolute Gasteiger partial charge is 0.490 e. The Balaban J connectivity index is 0.000000298. The van der Waals surface area contributed by atoms with Crippen LogP contribution in [0.5, 0.6) is 0 Å². The first kappa shape index (κ1) is 20.8. The molecule has 0 aromatic carbocycles. The summed E-state index contributed by atoms with van der Waals surface area (Å²) in [5, 5.41) is 11.1. The Bertz CT molecular complexity index is 890. The molecule has 0 radical (unpaired) electrons. The lowest BCUT2D eigenvalue weighted by atomic mass is 10.1. The standard InChI is InChI=1S/C16H15N3O2S.C2HF3O2/c20-15-9-14-13(19(15)11-5-8-22-10-11)4-7-18(14)16(21)12-3-1-2-6-17-12;3-2(4,5)1(6)7/h1-3,5-6,8,10,13-14H,4,7,9H2;(H,6,7)/t13-,14+;/m0./s1. The Kier molecular flexibility index (Phi) is 5.87. The topological polar surface area (TPSA) is 90.8 Å². The predicted octanol–water partition coefficient (Wildman–Crippen LogP) is 2.80. The van der Waals surface area contributed by atoms with Crippen LogP contribution in [0, 0.1) is 0 Å². The zero-order chi connectivity index (χ0) is 21.2. The highest BCUT2D eigenvalue weighted by Gasteiger charge is 2.49. The minimum atomic E-state index is -5.08. The molecule has 154 valence electrons. The number of hydrogen-bond donors (Lipinski definition) is 1. The van der Waals surface area contributed by atoms with E-state index in [9.17, 15) is 22.8 Å². The summed E-state index contributed by atoms with van der Waals surface area (Å²) in [6.07, 6.45) is -2.23. The number of pyridine rings is 1. The highest BCUT2D eigenvalue weighted by molar-refractivity contribution is 7.08. The van der Waals surface area contributed by atoms with Gasteiger partial charge in [-0.2, -0.15) is 24.5 Å². The van der Waals surface area contributed by atoms with E-state index in [4.69, 9.17) is 9.90 Å². The van der Waals surface area contributed by atoms with Gasteiger partial charge in [-0.25, -0.2) is 4.79 Å². The quantitative estimate of drug-likeness (QED) is 0.796. The van der Waals surface area contributed by atoms with Gasteiger partial charge < -0.3 is 14.9 Å². The van der Waals surface area contributed by atoms with Gasteiger partial charge in [-0.1, -0.05) is 6.07 Å². The average molecular weight is 427 g/mol. The maximum atomic E-state index is 12.6. The number of hydrogen-bond acceptors (Lipinski definition) is 5. The number of anilines is 1. The van der Waals surface area contributed by atoms with E-state index in [0.29, 0.717) is 18.7 Å². The van der Waals surface area contributed by atoms with Gasteiger partial charge in [0, 0.05) is 24.5 Å². The molecule has 0 saturated carbocycles. The summed E-state index contributed by atoms with van der Waals surface area (Å²) in [6, 6.07) is 7.35. The van der Waals surface area contributed by atoms with Crippen LogP contribution in [0.1, 0.15) is 23.3 Å². The Hall–Kier alpha value is -2.95. The summed E-state index contributed by atoms with van der Waals surface area (Å²) in [5.74, 6) is -2.73. The van der Waals surface area contributed by atoms with Crippen molar-refractivity contribution in [3.63, 3.8) is 0 Å². The van der Waals surface area contributed by atoms with Crippen LogP contribution < -0.4 is 4.90 Å². The summed E-state index contributed by atoms with van der Waals surface area (Å²) < 4.78 is 31.7. The lowest BCUT2D eigenvalue weighted by Crippen LogP contribution is -2.40. The van der Waals surface area contributed by atoms with Crippen LogP contribution in [0.25, 0.3) is 0 Å². The molecule has 2 aromatic rings. The molecule has 7 nitrogen and oxygen atoms in total. The first-order valence-corrected chi connectivity index (χ1v) is 9.51. The summed E-state index contributed by atoms with van der Waals surface area (Å²) in [6.45, 7) is 0.679. The molecule has 0 spiro atoms. The van der Waals surface area contributed by atoms with Gasteiger partial charge in [0.1, 0.15) is 5.69 Å². The first-order valence-electron chi connectivity index (χ1n) is 8.56. The number of carbonyl (C=O) groups excluding carboxylic acids is 2. The molecular formula is C18H16F3N3O4S. The van der Waals surface area contributed by atoms with Gasteiger partial charge in [0.05, 0.1) is 17.8 Å². The third kappa shape index (κ3) is 4.39. The number of carbonyl (C=O) groups is 3. The van der Waals surface area contributed by atoms with Gasteiger partial charge in [0.15, 0.2) is 0 Å². The highest BCUT2D eigenvalue weighted by atomic mass is 32.1. The van der Waals surface area contributed by atoms with Gasteiger partial charge in [0.2, 0.25) is 5.91 Å². The third-order valence-electron chi connectivity index (χ3n) is 4.67. The number of likely N-dealkylation sites (tertiary alicyclic amines) is 1. The normalized spacial score (nSPS) is 20.9. The number of fused-ring (bicyclic) bond motifs is 1. The number of thiophene rings is 1. The molecule has 1 N–H and O–H groups in total. The van der Waals surface area contributed by atoms with Crippen LogP contribution in [0.3, 0.4) is 0 Å². The number of rotatable bonds is 2. The molecule has 2 atom stereocenters. The number of carboxylic acids is 1. The van der Waals surface area contributed by atoms with Crippen molar-refractivity contribution in [1.29, 1.82) is 0 Å². The van der Waals surface area contributed by atoms with Crippen LogP contribution in [0.4, 0.5) is 18.9 Å². The van der Waals surface area contributed by atoms with E-state index in [-0.39, 0.29) is 23.9 Å². The summed E-state index contributed by atoms with van der Waals surface area (Å²) in [4.78, 5) is 41.7. The average Bonchev–Trinajstić information content (AvgIpc) is 3.38. The van der Waals surface area contributed by atoms with E-state index in [0.717, 1.165) is 12.1 Å². The smallest absolute Gasteiger partial charge is 0.475 e. The van der Waals surface area contributed by atoms with E-state index in [1.54, 1.807) is 29.7 Å². The molecule has 4 rings (SSSR count). The molecule has 2 amide bonds. The molecule has 2 fully saturated rings. The summed E-state index contributed by atoms with van der Waals surface area (Å²) >= 11 is 1.58. The van der Waals surface area contributed by atoms with Gasteiger partial charge in [-0.15, -0.1) is 0 Å². The van der Waals surface area contributed by atoms with Crippen molar-refractivity contribution in [3.8, 4) is 0 Å². The van der Waals surface area contributed by atoms with Gasteiger partial charge in [-0.05, 0) is 30.0 Å². The highest BCUT2D eigenvalue weighted by Crippen LogP contribution is 2.37. The van der Waals surface area contributed by atoms with Crippen molar-refractivity contribution < 1.29 is 32.7 Å². The van der Waals surface area contributed by atoms with Crippen molar-refractivity contribution in [2.24, 2.45) is 0 Å². The van der Waals surface area contributed by atoms with Gasteiger partial charge in [-0.3, -0.25) is 14.6 Å². The monoisotopic (exact) mass is 427 g/mol. The van der Waals surface area contributed by atoms with Crippen molar-refractivity contribution >= 4 is 34.8 Å². The molecule has 11 heteroatoms. The molecule has 0 bridgehead atoms. The number of halogens is 3. The lowest BCUT2D eigenvalue weighted by Gasteiger charge is -2.24. The van der Waals surface area contributed by atoms with Crippen molar-refractivity contribution in [2.45, 2.75) is 31.1 Å². The molecule has 2 aliphatic rings. The second-order valence-corrected chi connectivity index (χ2v) is 7.17. The second-order valence-electron chi connectivity index (χ2n) is 6.39. The molecule has 0 unspecified atom stereocenters. The zero-order valence-corrected chi connectivity index (χ0v) is 15.7. The SMILES string of the molecule is O=C(O)C(F)(F)F.O=C(c1ccccn1)N1CC[C@H]2[C@H]1CC(=O)N2c1ccsc1. The van der Waals surface area contributed by atoms with Crippen LogP contribution in [0.15, 0.2) is 41.2 Å². The summed E-state index contributed by atoms with van der Waals surface area (Å²) in [7, 11) is 0. The van der Waals surface area contributed by atoms with E-state index in [1.165, 1.54) is 0 Å². The maximum absolute atomic E-state index is 12.6. The van der Waals surface area contributed by atoms with E-state index in [2.05, 4.69) is 4.98 Å². The molecule has 4 heterocycles. The second kappa shape index (κ2) is 8.19. The summed E-state index contributed by atoms with van der Waals surface area (Å²) in [5.41, 5.74) is 1.40. The van der Waals surface area contributed by atoms with Crippen molar-refractivity contribution in [1.82, 2.24) is 9.88 Å². The fourth-order valence-electron chi connectivity index (χ4n) is 3.47. The Morgan fingerprint density at radius 1 is 1.21 bits per heavy atom. The fraction of sp³-hybridized carbons (Fsp3) is 0.333. The lowest BCUT2D eigenvalue weighted by molar-refractivity contribution is -0.192. The Labute approximate surface area is 167 Å². The number of amides is 2. The molecule has 2 saturated heterocycles. The number of nitrogens with zero attached hydrogens (tertiary/aromatic N) is 3. The Morgan fingerprint density at radius 3 is 2.48 bits per heavy atom. The molecule has 29 heavy (non-hydrogen) atoms. The van der Waals surface area contributed by atoms with Gasteiger partial charge >= 0.3 is 12.1 Å². The Morgan fingerprint density at radius 2 is 1.93 bits per heavy atom. The molecule has 0 aliphatic carbocycles. The maximum Gasteiger partial charge on any atom is 0.490 e. The fourth-order valence-corrected chi connectivity index (χ4v) is 4.09. The first-order chi connectivity index (χ1) is 13.7. The van der Waals surface area contributed by atoms with Crippen LogP contribution in [-0.2, 0) is 9.59 Å². The van der Waals surface area contributed by atoms with Crippen molar-refractivity contribution in [2.75, 3.05) is 11.4 Å². The van der Waals surface area contributed by atoms with Crippen LogP contribution in [-0.4, -0.2) is 57.6 Å². The van der Waals surface area contributed by atoms with E-state index in [1.807, 2.05) is 32.7 Å². The molecular weight excluding hydrogens is 411 g/mol. The van der Waals surface area contributed by atoms with Crippen molar-refractivity contribution in [3.05, 3.63) is 46.9 Å². The van der Waals surface area contributed by atoms with Gasteiger partial charge in [0.25, 0.3) is 5.91 Å². The van der Waals surface area contributed by atoms with Crippen LogP contribution in [0.2, 0.25) is 0 Å². The zero-order valence-electron chi connectivity index (χ0n) is 14.9. The molecule has 2 aliphatic heterocycles. The molecule has 2 aromatic heterocycles. The van der Waals surface area contributed by atoms with Crippen LogP contribution >= 0.6 is 11.3 Å². The number of alkyl halides is 3. The van der Waals surface area contributed by atoms with E-state index >= 15 is 0 Å². The number of aromatic nitrogens is 1. The number of carboxylic acid groups (broad SMARTS) is 1.